The molecule has 9 heteroatoms. The molecular weight excluding hydrogens is 416 g/mol. The lowest BCUT2D eigenvalue weighted by atomic mass is 10.1. The van der Waals surface area contributed by atoms with E-state index >= 15 is 0 Å². The first-order valence-electron chi connectivity index (χ1n) is 9.92. The van der Waals surface area contributed by atoms with Gasteiger partial charge in [-0.15, -0.1) is 11.8 Å². The van der Waals surface area contributed by atoms with Crippen molar-refractivity contribution in [2.45, 2.75) is 37.8 Å². The van der Waals surface area contributed by atoms with Crippen LogP contribution in [0.1, 0.15) is 43.4 Å². The number of aldehydes is 1. The third-order valence-corrected chi connectivity index (χ3v) is 5.48. The van der Waals surface area contributed by atoms with Crippen LogP contribution in [-0.4, -0.2) is 56.6 Å². The molecular formula is C22H24N4O4S. The van der Waals surface area contributed by atoms with Gasteiger partial charge in [-0.05, 0) is 45.1 Å². The van der Waals surface area contributed by atoms with E-state index in [1.165, 1.54) is 18.0 Å². The molecule has 162 valence electrons. The molecule has 0 spiro atoms. The first kappa shape index (κ1) is 21.2. The number of thioether (sulfide) groups is 1. The number of aromatic nitrogens is 3. The summed E-state index contributed by atoms with van der Waals surface area (Å²) in [6.45, 7) is 6.61. The summed E-state index contributed by atoms with van der Waals surface area (Å²) in [4.78, 5) is 34.6. The summed E-state index contributed by atoms with van der Waals surface area (Å²) < 4.78 is 12.8. The third-order valence-electron chi connectivity index (χ3n) is 4.82. The standard InChI is InChI=1S/C22H24N4O4S/c1-22(2,3)30-21(28)25-7-5-6-14(10-25)17-11-26-18(15-8-16(12-27)29-13-15)9-23-19(26)20(24-17)31-4/h6,8-9,11-13H,5,7,10H2,1-4H3. The number of furan rings is 1. The van der Waals surface area contributed by atoms with Gasteiger partial charge in [0.05, 0.1) is 24.1 Å². The molecule has 0 atom stereocenters. The Morgan fingerprint density at radius 2 is 2.16 bits per heavy atom. The van der Waals surface area contributed by atoms with Gasteiger partial charge in [0.1, 0.15) is 16.9 Å². The largest absolute Gasteiger partial charge is 0.461 e. The van der Waals surface area contributed by atoms with Crippen LogP contribution in [-0.2, 0) is 4.74 Å². The fraction of sp³-hybridized carbons (Fsp3) is 0.364. The van der Waals surface area contributed by atoms with Crippen molar-refractivity contribution in [3.05, 3.63) is 42.3 Å². The molecule has 1 aliphatic rings. The van der Waals surface area contributed by atoms with E-state index in [2.05, 4.69) is 11.1 Å². The molecule has 0 aromatic carbocycles. The van der Waals surface area contributed by atoms with E-state index in [0.717, 1.165) is 39.6 Å². The second kappa shape index (κ2) is 8.22. The molecule has 0 saturated carbocycles. The summed E-state index contributed by atoms with van der Waals surface area (Å²) in [5.74, 6) is 0.257. The molecule has 1 aliphatic heterocycles. The quantitative estimate of drug-likeness (QED) is 0.434. The lowest BCUT2D eigenvalue weighted by Gasteiger charge is -2.30. The van der Waals surface area contributed by atoms with Crippen LogP contribution in [0.4, 0.5) is 4.79 Å². The molecule has 3 aromatic rings. The second-order valence-corrected chi connectivity index (χ2v) is 9.04. The van der Waals surface area contributed by atoms with E-state index in [-0.39, 0.29) is 11.9 Å². The van der Waals surface area contributed by atoms with Crippen molar-refractivity contribution in [2.75, 3.05) is 19.3 Å². The lowest BCUT2D eigenvalue weighted by molar-refractivity contribution is 0.0273. The van der Waals surface area contributed by atoms with Crippen LogP contribution in [0, 0.1) is 0 Å². The Bertz CT molecular complexity index is 1170. The summed E-state index contributed by atoms with van der Waals surface area (Å²) in [6, 6.07) is 1.68. The summed E-state index contributed by atoms with van der Waals surface area (Å²) in [5, 5.41) is 0.776. The zero-order valence-corrected chi connectivity index (χ0v) is 18.7. The molecule has 1 amide bonds. The topological polar surface area (TPSA) is 89.9 Å². The second-order valence-electron chi connectivity index (χ2n) is 8.25. The Balaban J connectivity index is 1.70. The fourth-order valence-electron chi connectivity index (χ4n) is 3.43. The Labute approximate surface area is 184 Å². The molecule has 31 heavy (non-hydrogen) atoms. The van der Waals surface area contributed by atoms with Gasteiger partial charge in [0.15, 0.2) is 17.7 Å². The van der Waals surface area contributed by atoms with E-state index in [1.54, 1.807) is 17.2 Å². The fourth-order valence-corrected chi connectivity index (χ4v) is 3.95. The van der Waals surface area contributed by atoms with Crippen molar-refractivity contribution in [3.8, 4) is 11.3 Å². The van der Waals surface area contributed by atoms with Crippen LogP contribution < -0.4 is 0 Å². The lowest BCUT2D eigenvalue weighted by Crippen LogP contribution is -2.39. The highest BCUT2D eigenvalue weighted by atomic mass is 32.2. The third kappa shape index (κ3) is 4.36. The van der Waals surface area contributed by atoms with Gasteiger partial charge >= 0.3 is 6.09 Å². The number of fused-ring (bicyclic) bond motifs is 1. The minimum Gasteiger partial charge on any atom is -0.461 e. The highest BCUT2D eigenvalue weighted by Gasteiger charge is 2.26. The first-order valence-corrected chi connectivity index (χ1v) is 11.1. The number of hydrogen-bond acceptors (Lipinski definition) is 7. The van der Waals surface area contributed by atoms with Crippen LogP contribution in [0.15, 0.2) is 40.2 Å². The van der Waals surface area contributed by atoms with Crippen LogP contribution in [0.5, 0.6) is 0 Å². The summed E-state index contributed by atoms with van der Waals surface area (Å²) in [5.41, 5.74) is 3.45. The maximum Gasteiger partial charge on any atom is 0.410 e. The van der Waals surface area contributed by atoms with Gasteiger partial charge in [0.25, 0.3) is 0 Å². The minimum absolute atomic E-state index is 0.257. The molecule has 0 unspecified atom stereocenters. The van der Waals surface area contributed by atoms with Gasteiger partial charge < -0.3 is 14.1 Å². The van der Waals surface area contributed by atoms with Crippen LogP contribution in [0.25, 0.3) is 22.5 Å². The van der Waals surface area contributed by atoms with Crippen molar-refractivity contribution in [3.63, 3.8) is 0 Å². The molecule has 0 saturated heterocycles. The molecule has 0 bridgehead atoms. The number of imidazole rings is 1. The number of ether oxygens (including phenoxy) is 1. The zero-order chi connectivity index (χ0) is 22.2. The predicted octanol–water partition coefficient (Wildman–Crippen LogP) is 4.55. The van der Waals surface area contributed by atoms with E-state index in [9.17, 15) is 9.59 Å². The number of amides is 1. The number of carbonyl (C=O) groups excluding carboxylic acids is 2. The number of nitrogens with zero attached hydrogens (tertiary/aromatic N) is 4. The van der Waals surface area contributed by atoms with Crippen molar-refractivity contribution in [1.29, 1.82) is 0 Å². The van der Waals surface area contributed by atoms with Crippen molar-refractivity contribution in [1.82, 2.24) is 19.3 Å². The average molecular weight is 441 g/mol. The van der Waals surface area contributed by atoms with Gasteiger partial charge in [-0.3, -0.25) is 9.20 Å². The van der Waals surface area contributed by atoms with E-state index < -0.39 is 5.60 Å². The Hall–Kier alpha value is -3.07. The molecule has 0 radical (unpaired) electrons. The number of hydrogen-bond donors (Lipinski definition) is 0. The molecule has 4 heterocycles. The highest BCUT2D eigenvalue weighted by molar-refractivity contribution is 7.98. The monoisotopic (exact) mass is 440 g/mol. The minimum atomic E-state index is -0.543. The van der Waals surface area contributed by atoms with E-state index in [4.69, 9.17) is 14.1 Å². The van der Waals surface area contributed by atoms with E-state index in [0.29, 0.717) is 19.4 Å². The van der Waals surface area contributed by atoms with Crippen molar-refractivity contribution >= 4 is 35.4 Å². The number of rotatable bonds is 4. The molecule has 4 rings (SSSR count). The van der Waals surface area contributed by atoms with Crippen LogP contribution in [0.3, 0.4) is 0 Å². The molecule has 3 aromatic heterocycles. The Morgan fingerprint density at radius 1 is 1.35 bits per heavy atom. The van der Waals surface area contributed by atoms with Gasteiger partial charge in [0, 0.05) is 18.3 Å². The maximum absolute atomic E-state index is 12.6. The smallest absolute Gasteiger partial charge is 0.410 e. The molecule has 0 fully saturated rings. The summed E-state index contributed by atoms with van der Waals surface area (Å²) in [7, 11) is 0. The van der Waals surface area contributed by atoms with Gasteiger partial charge in [0.2, 0.25) is 0 Å². The average Bonchev–Trinajstić information content (AvgIpc) is 3.38. The molecule has 8 nitrogen and oxygen atoms in total. The normalized spacial score (nSPS) is 14.6. The van der Waals surface area contributed by atoms with Gasteiger partial charge in [-0.25, -0.2) is 14.8 Å². The maximum atomic E-state index is 12.6. The Morgan fingerprint density at radius 3 is 2.84 bits per heavy atom. The van der Waals surface area contributed by atoms with Gasteiger partial charge in [-0.1, -0.05) is 6.08 Å². The number of carbonyl (C=O) groups is 2. The SMILES string of the molecule is CSc1nc(C2=CCCN(C(=O)OC(C)(C)C)C2)cn2c(-c3coc(C=O)c3)cnc12. The van der Waals surface area contributed by atoms with Crippen LogP contribution >= 0.6 is 11.8 Å². The van der Waals surface area contributed by atoms with E-state index in [1.807, 2.05) is 37.6 Å². The van der Waals surface area contributed by atoms with Gasteiger partial charge in [-0.2, -0.15) is 0 Å². The zero-order valence-electron chi connectivity index (χ0n) is 17.9. The molecule has 0 N–H and O–H groups in total. The van der Waals surface area contributed by atoms with Crippen molar-refractivity contribution in [2.24, 2.45) is 0 Å². The highest BCUT2D eigenvalue weighted by Crippen LogP contribution is 2.30. The summed E-state index contributed by atoms with van der Waals surface area (Å²) >= 11 is 1.50. The Kier molecular flexibility index (Phi) is 5.62. The van der Waals surface area contributed by atoms with Crippen molar-refractivity contribution < 1.29 is 18.7 Å². The predicted molar refractivity (Wildman–Crippen MR) is 118 cm³/mol. The molecule has 0 aliphatic carbocycles. The first-order chi connectivity index (χ1) is 14.8. The van der Waals surface area contributed by atoms with Crippen LogP contribution in [0.2, 0.25) is 0 Å². The summed E-state index contributed by atoms with van der Waals surface area (Å²) in [6.07, 6.45) is 10.3.